The Morgan fingerprint density at radius 2 is 1.95 bits per heavy atom. The molecule has 0 radical (unpaired) electrons. The van der Waals surface area contributed by atoms with E-state index in [0.717, 1.165) is 6.07 Å². The third kappa shape index (κ3) is 2.86. The van der Waals surface area contributed by atoms with E-state index in [1.165, 1.54) is 24.3 Å². The molecule has 0 spiro atoms. The molecule has 0 bridgehead atoms. The van der Waals surface area contributed by atoms with E-state index in [1.54, 1.807) is 12.1 Å². The Morgan fingerprint density at radius 3 is 2.60 bits per heavy atom. The van der Waals surface area contributed by atoms with Gasteiger partial charge in [-0.3, -0.25) is 14.9 Å². The second-order valence-electron chi connectivity index (χ2n) is 3.89. The summed E-state index contributed by atoms with van der Waals surface area (Å²) in [6, 6.07) is 9.90. The SMILES string of the molecule is O=C(Nc1ccccc1O)c1ccc(Cl)c([N+](=O)[O-])c1. The standard InChI is InChI=1S/C13H9ClN2O4/c14-9-6-5-8(7-11(9)16(19)20)13(18)15-10-3-1-2-4-12(10)17/h1-7,17H,(H,15,18). The fourth-order valence-corrected chi connectivity index (χ4v) is 1.75. The fraction of sp³-hybridized carbons (Fsp3) is 0. The maximum Gasteiger partial charge on any atom is 0.288 e. The highest BCUT2D eigenvalue weighted by atomic mass is 35.5. The number of para-hydroxylation sites is 2. The first-order valence-corrected chi connectivity index (χ1v) is 5.90. The molecule has 0 aliphatic carbocycles. The van der Waals surface area contributed by atoms with E-state index < -0.39 is 10.8 Å². The predicted octanol–water partition coefficient (Wildman–Crippen LogP) is 3.21. The number of benzene rings is 2. The van der Waals surface area contributed by atoms with Gasteiger partial charge in [0.2, 0.25) is 0 Å². The molecule has 0 saturated heterocycles. The van der Waals surface area contributed by atoms with Gasteiger partial charge in [0, 0.05) is 11.6 Å². The van der Waals surface area contributed by atoms with Crippen LogP contribution >= 0.6 is 11.6 Å². The van der Waals surface area contributed by atoms with Crippen LogP contribution in [0.4, 0.5) is 11.4 Å². The summed E-state index contributed by atoms with van der Waals surface area (Å²) in [4.78, 5) is 22.1. The summed E-state index contributed by atoms with van der Waals surface area (Å²) in [5, 5.41) is 22.7. The van der Waals surface area contributed by atoms with Gasteiger partial charge in [0.05, 0.1) is 10.6 Å². The number of rotatable bonds is 3. The van der Waals surface area contributed by atoms with Crippen LogP contribution in [-0.2, 0) is 0 Å². The highest BCUT2D eigenvalue weighted by Gasteiger charge is 2.16. The van der Waals surface area contributed by atoms with Crippen molar-refractivity contribution in [2.24, 2.45) is 0 Å². The molecular formula is C13H9ClN2O4. The lowest BCUT2D eigenvalue weighted by atomic mass is 10.2. The summed E-state index contributed by atoms with van der Waals surface area (Å²) >= 11 is 5.67. The van der Waals surface area contributed by atoms with Crippen molar-refractivity contribution in [2.45, 2.75) is 0 Å². The maximum absolute atomic E-state index is 12.0. The van der Waals surface area contributed by atoms with Crippen molar-refractivity contribution in [3.8, 4) is 5.75 Å². The number of carbonyl (C=O) groups excluding carboxylic acids is 1. The molecule has 2 rings (SSSR count). The molecule has 7 heteroatoms. The Morgan fingerprint density at radius 1 is 1.25 bits per heavy atom. The summed E-state index contributed by atoms with van der Waals surface area (Å²) in [6.45, 7) is 0. The third-order valence-electron chi connectivity index (χ3n) is 2.56. The molecule has 102 valence electrons. The number of anilines is 1. The van der Waals surface area contributed by atoms with Gasteiger partial charge in [-0.15, -0.1) is 0 Å². The third-order valence-corrected chi connectivity index (χ3v) is 2.88. The molecule has 0 aliphatic heterocycles. The number of nitro groups is 1. The number of aromatic hydroxyl groups is 1. The van der Waals surface area contributed by atoms with Crippen molar-refractivity contribution in [2.75, 3.05) is 5.32 Å². The number of nitrogens with one attached hydrogen (secondary N) is 1. The van der Waals surface area contributed by atoms with Gasteiger partial charge in [0.25, 0.3) is 11.6 Å². The molecule has 0 aliphatic rings. The van der Waals surface area contributed by atoms with Crippen LogP contribution in [-0.4, -0.2) is 15.9 Å². The molecule has 2 N–H and O–H groups in total. The molecule has 0 atom stereocenters. The highest BCUT2D eigenvalue weighted by Crippen LogP contribution is 2.26. The quantitative estimate of drug-likeness (QED) is 0.516. The summed E-state index contributed by atoms with van der Waals surface area (Å²) in [7, 11) is 0. The minimum absolute atomic E-state index is 0.0471. The van der Waals surface area contributed by atoms with Crippen LogP contribution in [0.3, 0.4) is 0 Å². The second-order valence-corrected chi connectivity index (χ2v) is 4.30. The Bertz CT molecular complexity index is 688. The lowest BCUT2D eigenvalue weighted by Gasteiger charge is -2.07. The van der Waals surface area contributed by atoms with Crippen molar-refractivity contribution >= 4 is 28.9 Å². The second kappa shape index (κ2) is 5.58. The van der Waals surface area contributed by atoms with Crippen LogP contribution in [0.25, 0.3) is 0 Å². The molecule has 0 fully saturated rings. The zero-order chi connectivity index (χ0) is 14.7. The molecule has 0 unspecified atom stereocenters. The van der Waals surface area contributed by atoms with E-state index in [1.807, 2.05) is 0 Å². The molecular weight excluding hydrogens is 284 g/mol. The maximum atomic E-state index is 12.0. The van der Waals surface area contributed by atoms with Crippen molar-refractivity contribution in [1.82, 2.24) is 0 Å². The van der Waals surface area contributed by atoms with Gasteiger partial charge in [0.15, 0.2) is 0 Å². The van der Waals surface area contributed by atoms with Gasteiger partial charge >= 0.3 is 0 Å². The minimum Gasteiger partial charge on any atom is -0.506 e. The summed E-state index contributed by atoms with van der Waals surface area (Å²) in [5.41, 5.74) is -0.0592. The number of hydrogen-bond donors (Lipinski definition) is 2. The van der Waals surface area contributed by atoms with Crippen LogP contribution in [0.5, 0.6) is 5.75 Å². The average Bonchev–Trinajstić information content (AvgIpc) is 2.41. The monoisotopic (exact) mass is 292 g/mol. The summed E-state index contributed by atoms with van der Waals surface area (Å²) < 4.78 is 0. The Kier molecular flexibility index (Phi) is 3.86. The summed E-state index contributed by atoms with van der Waals surface area (Å²) in [6.07, 6.45) is 0. The van der Waals surface area contributed by atoms with Gasteiger partial charge in [-0.1, -0.05) is 23.7 Å². The van der Waals surface area contributed by atoms with Crippen molar-refractivity contribution in [3.63, 3.8) is 0 Å². The fourth-order valence-electron chi connectivity index (χ4n) is 1.57. The Balaban J connectivity index is 2.28. The number of phenols is 1. The molecule has 0 aromatic heterocycles. The number of nitro benzene ring substituents is 1. The topological polar surface area (TPSA) is 92.5 Å². The van der Waals surface area contributed by atoms with E-state index in [2.05, 4.69) is 5.32 Å². The van der Waals surface area contributed by atoms with Crippen molar-refractivity contribution in [1.29, 1.82) is 0 Å². The molecule has 1 amide bonds. The lowest BCUT2D eigenvalue weighted by Crippen LogP contribution is -2.12. The van der Waals surface area contributed by atoms with E-state index in [9.17, 15) is 20.0 Å². The number of nitrogens with zero attached hydrogens (tertiary/aromatic N) is 1. The van der Waals surface area contributed by atoms with E-state index >= 15 is 0 Å². The molecule has 2 aromatic rings. The Labute approximate surface area is 118 Å². The van der Waals surface area contributed by atoms with Crippen LogP contribution in [0.2, 0.25) is 5.02 Å². The number of hydrogen-bond acceptors (Lipinski definition) is 4. The largest absolute Gasteiger partial charge is 0.506 e. The minimum atomic E-state index is -0.668. The van der Waals surface area contributed by atoms with Crippen LogP contribution in [0.15, 0.2) is 42.5 Å². The molecule has 0 heterocycles. The molecule has 0 saturated carbocycles. The molecule has 2 aromatic carbocycles. The average molecular weight is 293 g/mol. The zero-order valence-corrected chi connectivity index (χ0v) is 10.8. The summed E-state index contributed by atoms with van der Waals surface area (Å²) in [5.74, 6) is -0.671. The molecule has 6 nitrogen and oxygen atoms in total. The first kappa shape index (κ1) is 13.8. The van der Waals surface area contributed by atoms with Gasteiger partial charge < -0.3 is 10.4 Å². The first-order chi connectivity index (χ1) is 9.49. The Hall–Kier alpha value is -2.60. The van der Waals surface area contributed by atoms with Crippen LogP contribution < -0.4 is 5.32 Å². The first-order valence-electron chi connectivity index (χ1n) is 5.52. The normalized spacial score (nSPS) is 10.1. The number of phenolic OH excluding ortho intramolecular Hbond substituents is 1. The number of carbonyl (C=O) groups is 1. The number of halogens is 1. The van der Waals surface area contributed by atoms with Gasteiger partial charge in [0.1, 0.15) is 10.8 Å². The zero-order valence-electron chi connectivity index (χ0n) is 10.0. The van der Waals surface area contributed by atoms with Crippen LogP contribution in [0, 0.1) is 10.1 Å². The van der Waals surface area contributed by atoms with E-state index in [0.29, 0.717) is 0 Å². The smallest absolute Gasteiger partial charge is 0.288 e. The van der Waals surface area contributed by atoms with Gasteiger partial charge in [-0.25, -0.2) is 0 Å². The van der Waals surface area contributed by atoms with E-state index in [4.69, 9.17) is 11.6 Å². The highest BCUT2D eigenvalue weighted by molar-refractivity contribution is 6.32. The van der Waals surface area contributed by atoms with Gasteiger partial charge in [-0.2, -0.15) is 0 Å². The predicted molar refractivity (Wildman–Crippen MR) is 74.2 cm³/mol. The van der Waals surface area contributed by atoms with Crippen molar-refractivity contribution < 1.29 is 14.8 Å². The lowest BCUT2D eigenvalue weighted by molar-refractivity contribution is -0.384. The van der Waals surface area contributed by atoms with Crippen LogP contribution in [0.1, 0.15) is 10.4 Å². The number of amides is 1. The van der Waals surface area contributed by atoms with Crippen molar-refractivity contribution in [3.05, 3.63) is 63.2 Å². The van der Waals surface area contributed by atoms with E-state index in [-0.39, 0.29) is 27.7 Å². The molecule has 20 heavy (non-hydrogen) atoms. The van der Waals surface area contributed by atoms with Gasteiger partial charge in [-0.05, 0) is 24.3 Å².